The van der Waals surface area contributed by atoms with E-state index >= 15 is 0 Å². The Bertz CT molecular complexity index is 1420. The number of amides is 1. The van der Waals surface area contributed by atoms with Gasteiger partial charge in [0.1, 0.15) is 22.8 Å². The van der Waals surface area contributed by atoms with Crippen LogP contribution in [0.2, 0.25) is 0 Å². The summed E-state index contributed by atoms with van der Waals surface area (Å²) in [6, 6.07) is 11.8. The zero-order valence-electron chi connectivity index (χ0n) is 18.0. The molecule has 9 nitrogen and oxygen atoms in total. The number of H-pyrrole nitrogens is 1. The number of nitrogens with zero attached hydrogens (tertiary/aromatic N) is 7. The molecule has 1 fully saturated rings. The monoisotopic (exact) mass is 458 g/mol. The first-order valence-electron chi connectivity index (χ1n) is 10.9. The summed E-state index contributed by atoms with van der Waals surface area (Å²) in [5, 5.41) is 1.08. The summed E-state index contributed by atoms with van der Waals surface area (Å²) >= 11 is 1.61. The van der Waals surface area contributed by atoms with Crippen LogP contribution >= 0.6 is 11.3 Å². The van der Waals surface area contributed by atoms with Crippen molar-refractivity contribution in [3.8, 4) is 11.5 Å². The summed E-state index contributed by atoms with van der Waals surface area (Å²) < 4.78 is 1.82. The Labute approximate surface area is 193 Å². The number of hydrogen-bond acceptors (Lipinski definition) is 7. The Kier molecular flexibility index (Phi) is 4.79. The quantitative estimate of drug-likeness (QED) is 0.444. The van der Waals surface area contributed by atoms with Crippen LogP contribution in [0.1, 0.15) is 6.92 Å². The highest BCUT2D eigenvalue weighted by Gasteiger charge is 2.30. The van der Waals surface area contributed by atoms with Gasteiger partial charge in [0.15, 0.2) is 11.5 Å². The van der Waals surface area contributed by atoms with Crippen molar-refractivity contribution in [1.82, 2.24) is 34.4 Å². The van der Waals surface area contributed by atoms with Crippen molar-refractivity contribution in [3.05, 3.63) is 54.4 Å². The highest BCUT2D eigenvalue weighted by Crippen LogP contribution is 2.34. The van der Waals surface area contributed by atoms with Crippen LogP contribution in [0, 0.1) is 0 Å². The molecule has 1 N–H and O–H groups in total. The molecule has 0 bridgehead atoms. The van der Waals surface area contributed by atoms with Crippen LogP contribution in [0.4, 0.5) is 5.00 Å². The summed E-state index contributed by atoms with van der Waals surface area (Å²) in [6.45, 7) is 4.47. The standard InChI is InChI=1S/C23H22N8OS/c1-15-11-29(23-20(26-14-33-23)21-27-16-5-2-3-6-17(16)28-21)9-10-31(15)19(32)12-30-13-25-18-7-4-8-24-22(18)30/h2-8,13-15H,9-12H2,1H3,(H,27,28). The van der Waals surface area contributed by atoms with Crippen molar-refractivity contribution in [1.29, 1.82) is 0 Å². The van der Waals surface area contributed by atoms with E-state index in [-0.39, 0.29) is 18.5 Å². The van der Waals surface area contributed by atoms with Gasteiger partial charge in [0.25, 0.3) is 0 Å². The lowest BCUT2D eigenvalue weighted by atomic mass is 10.2. The van der Waals surface area contributed by atoms with E-state index in [0.717, 1.165) is 51.8 Å². The van der Waals surface area contributed by atoms with Crippen molar-refractivity contribution in [2.75, 3.05) is 24.5 Å². The van der Waals surface area contributed by atoms with Gasteiger partial charge in [-0.25, -0.2) is 19.9 Å². The molecule has 5 heterocycles. The molecule has 1 aliphatic rings. The first-order chi connectivity index (χ1) is 16.2. The number of fused-ring (bicyclic) bond motifs is 2. The van der Waals surface area contributed by atoms with E-state index in [2.05, 4.69) is 31.8 Å². The number of carbonyl (C=O) groups excluding carboxylic acids is 1. The molecule has 1 saturated heterocycles. The van der Waals surface area contributed by atoms with E-state index in [4.69, 9.17) is 4.98 Å². The first-order valence-corrected chi connectivity index (χ1v) is 11.7. The number of imidazole rings is 2. The molecule has 1 aromatic carbocycles. The van der Waals surface area contributed by atoms with Gasteiger partial charge in [-0.3, -0.25) is 4.79 Å². The maximum atomic E-state index is 13.1. The number of rotatable bonds is 4. The third kappa shape index (κ3) is 3.52. The molecule has 1 amide bonds. The topological polar surface area (TPSA) is 95.8 Å². The number of aromatic amines is 1. The van der Waals surface area contributed by atoms with Crippen molar-refractivity contribution < 1.29 is 4.79 Å². The summed E-state index contributed by atoms with van der Waals surface area (Å²) in [4.78, 5) is 38.8. The lowest BCUT2D eigenvalue weighted by Gasteiger charge is -2.40. The van der Waals surface area contributed by atoms with Crippen LogP contribution in [-0.2, 0) is 11.3 Å². The second-order valence-corrected chi connectivity index (χ2v) is 9.04. The first kappa shape index (κ1) is 19.9. The third-order valence-electron chi connectivity index (χ3n) is 6.08. The third-order valence-corrected chi connectivity index (χ3v) is 6.96. The van der Waals surface area contributed by atoms with Gasteiger partial charge < -0.3 is 19.4 Å². The molecule has 5 aromatic rings. The summed E-state index contributed by atoms with van der Waals surface area (Å²) in [7, 11) is 0. The number of anilines is 1. The molecular formula is C23H22N8OS. The van der Waals surface area contributed by atoms with Crippen LogP contribution < -0.4 is 4.90 Å². The molecule has 0 saturated carbocycles. The molecule has 10 heteroatoms. The van der Waals surface area contributed by atoms with Gasteiger partial charge in [-0.1, -0.05) is 12.1 Å². The van der Waals surface area contributed by atoms with E-state index in [1.54, 1.807) is 23.9 Å². The number of pyridine rings is 1. The van der Waals surface area contributed by atoms with E-state index in [9.17, 15) is 4.79 Å². The Hall–Kier alpha value is -3.79. The minimum absolute atomic E-state index is 0.0691. The fraction of sp³-hybridized carbons (Fsp3) is 0.261. The molecule has 0 aliphatic carbocycles. The smallest absolute Gasteiger partial charge is 0.242 e. The fourth-order valence-electron chi connectivity index (χ4n) is 4.45. The number of benzene rings is 1. The largest absolute Gasteiger partial charge is 0.358 e. The average molecular weight is 459 g/mol. The fourth-order valence-corrected chi connectivity index (χ4v) is 5.29. The second kappa shape index (κ2) is 7.96. The zero-order chi connectivity index (χ0) is 22.4. The molecule has 6 rings (SSSR count). The molecular weight excluding hydrogens is 436 g/mol. The molecule has 33 heavy (non-hydrogen) atoms. The number of aromatic nitrogens is 6. The summed E-state index contributed by atoms with van der Waals surface area (Å²) in [5.41, 5.74) is 6.17. The van der Waals surface area contributed by atoms with Crippen LogP contribution in [-0.4, -0.2) is 66.0 Å². The zero-order valence-corrected chi connectivity index (χ0v) is 18.9. The molecule has 4 aromatic heterocycles. The predicted octanol–water partition coefficient (Wildman–Crippen LogP) is 3.17. The van der Waals surface area contributed by atoms with Gasteiger partial charge in [0.2, 0.25) is 5.91 Å². The number of hydrogen-bond donors (Lipinski definition) is 1. The number of para-hydroxylation sites is 2. The number of carbonyl (C=O) groups is 1. The van der Waals surface area contributed by atoms with Crippen LogP contribution in [0.15, 0.2) is 54.4 Å². The van der Waals surface area contributed by atoms with Crippen LogP contribution in [0.25, 0.3) is 33.7 Å². The van der Waals surface area contributed by atoms with Gasteiger partial charge in [0.05, 0.1) is 22.9 Å². The van der Waals surface area contributed by atoms with Gasteiger partial charge in [0, 0.05) is 31.9 Å². The highest BCUT2D eigenvalue weighted by atomic mass is 32.1. The van der Waals surface area contributed by atoms with E-state index in [0.29, 0.717) is 6.54 Å². The van der Waals surface area contributed by atoms with Crippen molar-refractivity contribution in [2.45, 2.75) is 19.5 Å². The lowest BCUT2D eigenvalue weighted by Crippen LogP contribution is -2.54. The van der Waals surface area contributed by atoms with Gasteiger partial charge in [-0.05, 0) is 31.2 Å². The number of nitrogens with one attached hydrogen (secondary N) is 1. The Morgan fingerprint density at radius 1 is 1.12 bits per heavy atom. The Morgan fingerprint density at radius 3 is 2.88 bits per heavy atom. The predicted molar refractivity (Wildman–Crippen MR) is 128 cm³/mol. The molecule has 1 unspecified atom stereocenters. The van der Waals surface area contributed by atoms with Gasteiger partial charge in [-0.15, -0.1) is 11.3 Å². The maximum Gasteiger partial charge on any atom is 0.242 e. The second-order valence-electron chi connectivity index (χ2n) is 8.21. The Balaban J connectivity index is 1.19. The summed E-state index contributed by atoms with van der Waals surface area (Å²) in [6.07, 6.45) is 3.41. The van der Waals surface area contributed by atoms with E-state index in [1.807, 2.05) is 51.4 Å². The number of thiazole rings is 1. The molecule has 166 valence electrons. The maximum absolute atomic E-state index is 13.1. The van der Waals surface area contributed by atoms with Crippen molar-refractivity contribution in [3.63, 3.8) is 0 Å². The minimum Gasteiger partial charge on any atom is -0.358 e. The normalized spacial score (nSPS) is 16.7. The van der Waals surface area contributed by atoms with E-state index in [1.165, 1.54) is 0 Å². The Morgan fingerprint density at radius 2 is 2.00 bits per heavy atom. The van der Waals surface area contributed by atoms with E-state index < -0.39 is 0 Å². The molecule has 1 atom stereocenters. The molecule has 1 aliphatic heterocycles. The van der Waals surface area contributed by atoms with Crippen LogP contribution in [0.3, 0.4) is 0 Å². The van der Waals surface area contributed by atoms with Crippen LogP contribution in [0.5, 0.6) is 0 Å². The SMILES string of the molecule is CC1CN(c2scnc2-c2nc3ccccc3[nH]2)CCN1C(=O)Cn1cnc2cccnc21. The molecule has 0 radical (unpaired) electrons. The van der Waals surface area contributed by atoms with Gasteiger partial charge in [-0.2, -0.15) is 0 Å². The highest BCUT2D eigenvalue weighted by molar-refractivity contribution is 7.14. The van der Waals surface area contributed by atoms with Gasteiger partial charge >= 0.3 is 0 Å². The lowest BCUT2D eigenvalue weighted by molar-refractivity contribution is -0.134. The minimum atomic E-state index is 0.0691. The van der Waals surface area contributed by atoms with Crippen molar-refractivity contribution in [2.24, 2.45) is 0 Å². The molecule has 0 spiro atoms. The van der Waals surface area contributed by atoms with Crippen molar-refractivity contribution >= 4 is 44.4 Å². The summed E-state index contributed by atoms with van der Waals surface area (Å²) in [5.74, 6) is 0.854. The average Bonchev–Trinajstić information content (AvgIpc) is 3.57. The number of piperazine rings is 1.